The highest BCUT2D eigenvalue weighted by molar-refractivity contribution is 7.18. The van der Waals surface area contributed by atoms with E-state index in [4.69, 9.17) is 4.98 Å². The zero-order chi connectivity index (χ0) is 14.1. The third-order valence-corrected chi connectivity index (χ3v) is 4.45. The summed E-state index contributed by atoms with van der Waals surface area (Å²) < 4.78 is 0. The Morgan fingerprint density at radius 2 is 1.57 bits per heavy atom. The fraction of sp³-hybridized carbons (Fsp3) is 0. The Hall–Kier alpha value is -2.52. The SMILES string of the molecule is c1ccc(-c2cnc(-c3ccc4ccccc4n3)s2)cc1. The Balaban J connectivity index is 1.77. The lowest BCUT2D eigenvalue weighted by Gasteiger charge is -1.99. The number of benzene rings is 2. The van der Waals surface area contributed by atoms with Crippen LogP contribution >= 0.6 is 11.3 Å². The summed E-state index contributed by atoms with van der Waals surface area (Å²) in [4.78, 5) is 10.4. The first-order valence-electron chi connectivity index (χ1n) is 6.77. The molecule has 0 bridgehead atoms. The van der Waals surface area contributed by atoms with Gasteiger partial charge in [-0.15, -0.1) is 11.3 Å². The molecule has 0 amide bonds. The van der Waals surface area contributed by atoms with Gasteiger partial charge in [0.05, 0.1) is 16.1 Å². The lowest BCUT2D eigenvalue weighted by atomic mass is 10.2. The number of nitrogens with zero attached hydrogens (tertiary/aromatic N) is 2. The van der Waals surface area contributed by atoms with Gasteiger partial charge in [0.1, 0.15) is 5.01 Å². The minimum atomic E-state index is 0.931. The van der Waals surface area contributed by atoms with Crippen LogP contribution in [-0.2, 0) is 0 Å². The zero-order valence-electron chi connectivity index (χ0n) is 11.2. The van der Waals surface area contributed by atoms with E-state index in [0.29, 0.717) is 0 Å². The molecule has 0 unspecified atom stereocenters. The Bertz CT molecular complexity index is 897. The summed E-state index contributed by atoms with van der Waals surface area (Å²) in [5.41, 5.74) is 3.13. The minimum Gasteiger partial charge on any atom is -0.245 e. The smallest absolute Gasteiger partial charge is 0.142 e. The molecular weight excluding hydrogens is 276 g/mol. The van der Waals surface area contributed by atoms with Crippen molar-refractivity contribution in [2.45, 2.75) is 0 Å². The molecule has 0 saturated carbocycles. The predicted molar refractivity (Wildman–Crippen MR) is 88.3 cm³/mol. The Kier molecular flexibility index (Phi) is 2.98. The summed E-state index contributed by atoms with van der Waals surface area (Å²) in [5, 5.41) is 2.11. The second kappa shape index (κ2) is 5.11. The lowest BCUT2D eigenvalue weighted by Crippen LogP contribution is -1.83. The molecule has 2 heterocycles. The second-order valence-electron chi connectivity index (χ2n) is 4.78. The molecule has 0 fully saturated rings. The maximum absolute atomic E-state index is 4.70. The van der Waals surface area contributed by atoms with Gasteiger partial charge < -0.3 is 0 Å². The largest absolute Gasteiger partial charge is 0.245 e. The van der Waals surface area contributed by atoms with Crippen molar-refractivity contribution in [1.82, 2.24) is 9.97 Å². The highest BCUT2D eigenvalue weighted by Crippen LogP contribution is 2.31. The van der Waals surface area contributed by atoms with Crippen molar-refractivity contribution in [3.63, 3.8) is 0 Å². The van der Waals surface area contributed by atoms with Gasteiger partial charge >= 0.3 is 0 Å². The van der Waals surface area contributed by atoms with E-state index in [2.05, 4.69) is 29.2 Å². The number of thiazole rings is 1. The molecule has 4 aromatic rings. The summed E-state index contributed by atoms with van der Waals surface area (Å²) in [5.74, 6) is 0. The van der Waals surface area contributed by atoms with E-state index in [-0.39, 0.29) is 0 Å². The Labute approximate surface area is 126 Å². The van der Waals surface area contributed by atoms with Crippen molar-refractivity contribution in [3.05, 3.63) is 72.9 Å². The molecule has 0 N–H and O–H groups in total. The van der Waals surface area contributed by atoms with Crippen molar-refractivity contribution in [1.29, 1.82) is 0 Å². The van der Waals surface area contributed by atoms with Gasteiger partial charge in [0.2, 0.25) is 0 Å². The quantitative estimate of drug-likeness (QED) is 0.517. The predicted octanol–water partition coefficient (Wildman–Crippen LogP) is 5.03. The van der Waals surface area contributed by atoms with Crippen molar-refractivity contribution >= 4 is 22.2 Å². The van der Waals surface area contributed by atoms with Crippen LogP contribution in [-0.4, -0.2) is 9.97 Å². The van der Waals surface area contributed by atoms with Crippen LogP contribution in [0.25, 0.3) is 32.0 Å². The van der Waals surface area contributed by atoms with Gasteiger partial charge in [-0.05, 0) is 17.7 Å². The van der Waals surface area contributed by atoms with Crippen LogP contribution in [0.3, 0.4) is 0 Å². The molecule has 0 radical (unpaired) electrons. The number of pyridine rings is 1. The van der Waals surface area contributed by atoms with Gasteiger partial charge in [-0.2, -0.15) is 0 Å². The first kappa shape index (κ1) is 12.2. The van der Waals surface area contributed by atoms with E-state index in [1.54, 1.807) is 11.3 Å². The normalized spacial score (nSPS) is 10.9. The molecule has 0 spiro atoms. The highest BCUT2D eigenvalue weighted by atomic mass is 32.1. The maximum atomic E-state index is 4.70. The van der Waals surface area contributed by atoms with Gasteiger partial charge in [0.25, 0.3) is 0 Å². The van der Waals surface area contributed by atoms with Gasteiger partial charge in [0.15, 0.2) is 0 Å². The lowest BCUT2D eigenvalue weighted by molar-refractivity contribution is 1.34. The van der Waals surface area contributed by atoms with E-state index in [1.807, 2.05) is 48.7 Å². The first-order valence-corrected chi connectivity index (χ1v) is 7.59. The molecule has 2 aromatic carbocycles. The third-order valence-electron chi connectivity index (χ3n) is 3.38. The second-order valence-corrected chi connectivity index (χ2v) is 5.82. The van der Waals surface area contributed by atoms with Crippen LogP contribution in [0.5, 0.6) is 0 Å². The van der Waals surface area contributed by atoms with Gasteiger partial charge in [-0.3, -0.25) is 0 Å². The van der Waals surface area contributed by atoms with Crippen molar-refractivity contribution in [3.8, 4) is 21.1 Å². The summed E-state index contributed by atoms with van der Waals surface area (Å²) >= 11 is 1.67. The number of para-hydroxylation sites is 1. The molecular formula is C18H12N2S. The fourth-order valence-corrected chi connectivity index (χ4v) is 3.20. The Morgan fingerprint density at radius 1 is 0.762 bits per heavy atom. The fourth-order valence-electron chi connectivity index (χ4n) is 2.31. The van der Waals surface area contributed by atoms with E-state index in [1.165, 1.54) is 10.4 Å². The Morgan fingerprint density at radius 3 is 2.48 bits per heavy atom. The molecule has 0 aliphatic carbocycles. The summed E-state index contributed by atoms with van der Waals surface area (Å²) in [7, 11) is 0. The van der Waals surface area contributed by atoms with Crippen molar-refractivity contribution in [2.24, 2.45) is 0 Å². The van der Waals surface area contributed by atoms with Crippen LogP contribution in [0.4, 0.5) is 0 Å². The standard InChI is InChI=1S/C18H12N2S/c1-2-7-14(8-3-1)17-12-19-18(21-17)16-11-10-13-6-4-5-9-15(13)20-16/h1-12H. The molecule has 0 aliphatic heterocycles. The zero-order valence-corrected chi connectivity index (χ0v) is 12.0. The van der Waals surface area contributed by atoms with Crippen molar-refractivity contribution < 1.29 is 0 Å². The van der Waals surface area contributed by atoms with Gasteiger partial charge in [-0.1, -0.05) is 54.6 Å². The molecule has 3 heteroatoms. The van der Waals surface area contributed by atoms with Crippen LogP contribution < -0.4 is 0 Å². The van der Waals surface area contributed by atoms with E-state index < -0.39 is 0 Å². The van der Waals surface area contributed by atoms with Gasteiger partial charge in [-0.25, -0.2) is 9.97 Å². The number of hydrogen-bond acceptors (Lipinski definition) is 3. The number of fused-ring (bicyclic) bond motifs is 1. The number of rotatable bonds is 2. The number of aromatic nitrogens is 2. The average molecular weight is 288 g/mol. The van der Waals surface area contributed by atoms with Crippen LogP contribution in [0.15, 0.2) is 72.9 Å². The summed E-state index contributed by atoms with van der Waals surface area (Å²) in [6.07, 6.45) is 1.92. The van der Waals surface area contributed by atoms with Crippen LogP contribution in [0.1, 0.15) is 0 Å². The molecule has 2 nitrogen and oxygen atoms in total. The van der Waals surface area contributed by atoms with E-state index in [9.17, 15) is 0 Å². The third kappa shape index (κ3) is 2.32. The van der Waals surface area contributed by atoms with Crippen LogP contribution in [0.2, 0.25) is 0 Å². The number of hydrogen-bond donors (Lipinski definition) is 0. The average Bonchev–Trinajstić information content (AvgIpc) is 3.05. The molecule has 0 aliphatic rings. The topological polar surface area (TPSA) is 25.8 Å². The molecule has 4 rings (SSSR count). The van der Waals surface area contributed by atoms with Gasteiger partial charge in [0, 0.05) is 11.6 Å². The monoisotopic (exact) mass is 288 g/mol. The summed E-state index contributed by atoms with van der Waals surface area (Å²) in [6.45, 7) is 0. The molecule has 2 aromatic heterocycles. The van der Waals surface area contributed by atoms with E-state index >= 15 is 0 Å². The molecule has 0 atom stereocenters. The summed E-state index contributed by atoms with van der Waals surface area (Å²) in [6, 6.07) is 22.6. The molecule has 0 saturated heterocycles. The van der Waals surface area contributed by atoms with Crippen LogP contribution in [0, 0.1) is 0 Å². The minimum absolute atomic E-state index is 0.931. The molecule has 100 valence electrons. The molecule has 21 heavy (non-hydrogen) atoms. The maximum Gasteiger partial charge on any atom is 0.142 e. The first-order chi connectivity index (χ1) is 10.4. The van der Waals surface area contributed by atoms with E-state index in [0.717, 1.165) is 21.6 Å². The highest BCUT2D eigenvalue weighted by Gasteiger charge is 2.08. The van der Waals surface area contributed by atoms with Crippen molar-refractivity contribution in [2.75, 3.05) is 0 Å².